The normalized spacial score (nSPS) is 13.6. The number of nitrogens with zero attached hydrogens (tertiary/aromatic N) is 4. The molecule has 1 aliphatic heterocycles. The van der Waals surface area contributed by atoms with Crippen LogP contribution in [0.5, 0.6) is 5.75 Å². The van der Waals surface area contributed by atoms with Crippen molar-refractivity contribution in [3.05, 3.63) is 84.7 Å². The first kappa shape index (κ1) is 19.9. The zero-order valence-electron chi connectivity index (χ0n) is 17.4. The maximum absolute atomic E-state index is 12.3. The van der Waals surface area contributed by atoms with Gasteiger partial charge in [-0.05, 0) is 48.4 Å². The molecule has 7 nitrogen and oxygen atoms in total. The second-order valence-corrected chi connectivity index (χ2v) is 7.71. The van der Waals surface area contributed by atoms with Gasteiger partial charge in [0.15, 0.2) is 0 Å². The Balaban J connectivity index is 1.11. The molecular weight excluding hydrogens is 404 g/mol. The maximum Gasteiger partial charge on any atom is 0.259 e. The van der Waals surface area contributed by atoms with Gasteiger partial charge in [0.1, 0.15) is 11.9 Å². The monoisotopic (exact) mass is 426 g/mol. The van der Waals surface area contributed by atoms with Gasteiger partial charge in [0.25, 0.3) is 5.89 Å². The fourth-order valence-electron chi connectivity index (χ4n) is 3.59. The number of hydrogen-bond acceptors (Lipinski definition) is 6. The molecule has 0 radical (unpaired) electrons. The van der Waals surface area contributed by atoms with Crippen LogP contribution in [0.25, 0.3) is 22.8 Å². The van der Waals surface area contributed by atoms with Gasteiger partial charge in [0.2, 0.25) is 11.7 Å². The van der Waals surface area contributed by atoms with E-state index >= 15 is 0 Å². The van der Waals surface area contributed by atoms with Crippen LogP contribution in [-0.4, -0.2) is 45.1 Å². The Labute approximate surface area is 185 Å². The molecule has 4 aromatic rings. The quantitative estimate of drug-likeness (QED) is 0.444. The molecule has 32 heavy (non-hydrogen) atoms. The van der Waals surface area contributed by atoms with Gasteiger partial charge < -0.3 is 14.2 Å². The number of amides is 1. The zero-order valence-corrected chi connectivity index (χ0v) is 17.4. The second kappa shape index (κ2) is 9.01. The third-order valence-electron chi connectivity index (χ3n) is 5.42. The highest BCUT2D eigenvalue weighted by Gasteiger charge is 2.31. The summed E-state index contributed by atoms with van der Waals surface area (Å²) in [6, 6.07) is 21.3. The van der Waals surface area contributed by atoms with Crippen LogP contribution in [0.3, 0.4) is 0 Å². The van der Waals surface area contributed by atoms with E-state index in [1.54, 1.807) is 12.4 Å². The van der Waals surface area contributed by atoms with Gasteiger partial charge in [-0.2, -0.15) is 4.98 Å². The number of hydrogen-bond donors (Lipinski definition) is 0. The first-order valence-corrected chi connectivity index (χ1v) is 10.6. The van der Waals surface area contributed by atoms with E-state index in [2.05, 4.69) is 15.1 Å². The number of aromatic nitrogens is 3. The summed E-state index contributed by atoms with van der Waals surface area (Å²) in [5.74, 6) is 1.87. The third kappa shape index (κ3) is 4.51. The average molecular weight is 426 g/mol. The standard InChI is InChI=1S/C25H22N4O3/c30-23(13-8-18-5-2-1-3-6-18)29-16-22(17-29)31-21-11-9-19(10-12-21)24-27-25(32-28-24)20-7-4-14-26-15-20/h1-7,9-12,14-15,22H,8,13,16-17H2. The van der Waals surface area contributed by atoms with Crippen molar-refractivity contribution >= 4 is 5.91 Å². The van der Waals surface area contributed by atoms with Gasteiger partial charge in [-0.15, -0.1) is 0 Å². The minimum atomic E-state index is 0.0175. The van der Waals surface area contributed by atoms with Crippen molar-refractivity contribution in [2.24, 2.45) is 0 Å². The molecule has 1 aliphatic rings. The summed E-state index contributed by atoms with van der Waals surface area (Å²) in [7, 11) is 0. The molecule has 0 N–H and O–H groups in total. The van der Waals surface area contributed by atoms with E-state index < -0.39 is 0 Å². The Hall–Kier alpha value is -4.00. The Morgan fingerprint density at radius 3 is 2.56 bits per heavy atom. The van der Waals surface area contributed by atoms with Crippen LogP contribution in [0, 0.1) is 0 Å². The maximum atomic E-state index is 12.3. The van der Waals surface area contributed by atoms with E-state index in [0.29, 0.717) is 31.2 Å². The predicted molar refractivity (Wildman–Crippen MR) is 119 cm³/mol. The molecule has 0 spiro atoms. The van der Waals surface area contributed by atoms with E-state index in [1.165, 1.54) is 5.56 Å². The Kier molecular flexibility index (Phi) is 5.61. The third-order valence-corrected chi connectivity index (χ3v) is 5.42. The van der Waals surface area contributed by atoms with Crippen LogP contribution in [0.15, 0.2) is 83.6 Å². The summed E-state index contributed by atoms with van der Waals surface area (Å²) in [5.41, 5.74) is 2.80. The lowest BCUT2D eigenvalue weighted by Gasteiger charge is -2.39. The molecular formula is C25H22N4O3. The summed E-state index contributed by atoms with van der Waals surface area (Å²) < 4.78 is 11.3. The smallest absolute Gasteiger partial charge is 0.259 e. The molecule has 2 aromatic carbocycles. The van der Waals surface area contributed by atoms with Gasteiger partial charge in [-0.3, -0.25) is 9.78 Å². The molecule has 0 aliphatic carbocycles. The van der Waals surface area contributed by atoms with Crippen LogP contribution in [-0.2, 0) is 11.2 Å². The minimum Gasteiger partial charge on any atom is -0.487 e. The molecule has 0 unspecified atom stereocenters. The number of pyridine rings is 1. The molecule has 1 amide bonds. The lowest BCUT2D eigenvalue weighted by atomic mass is 10.1. The largest absolute Gasteiger partial charge is 0.487 e. The van der Waals surface area contributed by atoms with Gasteiger partial charge >= 0.3 is 0 Å². The summed E-state index contributed by atoms with van der Waals surface area (Å²) >= 11 is 0. The minimum absolute atomic E-state index is 0.0175. The molecule has 0 atom stereocenters. The SMILES string of the molecule is O=C(CCc1ccccc1)N1CC(Oc2ccc(-c3noc(-c4cccnc4)n3)cc2)C1. The van der Waals surface area contributed by atoms with Crippen molar-refractivity contribution < 1.29 is 14.1 Å². The number of carbonyl (C=O) groups is 1. The van der Waals surface area contributed by atoms with Crippen molar-refractivity contribution in [1.82, 2.24) is 20.0 Å². The molecule has 2 aromatic heterocycles. The molecule has 0 bridgehead atoms. The highest BCUT2D eigenvalue weighted by Crippen LogP contribution is 2.25. The fraction of sp³-hybridized carbons (Fsp3) is 0.200. The lowest BCUT2D eigenvalue weighted by molar-refractivity contribution is -0.139. The number of likely N-dealkylation sites (tertiary alicyclic amines) is 1. The van der Waals surface area contributed by atoms with Crippen molar-refractivity contribution in [2.75, 3.05) is 13.1 Å². The molecule has 1 fully saturated rings. The summed E-state index contributed by atoms with van der Waals surface area (Å²) in [5, 5.41) is 4.05. The van der Waals surface area contributed by atoms with Crippen molar-refractivity contribution in [2.45, 2.75) is 18.9 Å². The molecule has 160 valence electrons. The van der Waals surface area contributed by atoms with Crippen molar-refractivity contribution in [1.29, 1.82) is 0 Å². The first-order valence-electron chi connectivity index (χ1n) is 10.6. The average Bonchev–Trinajstić information content (AvgIpc) is 3.32. The molecule has 0 saturated carbocycles. The topological polar surface area (TPSA) is 81.4 Å². The number of ether oxygens (including phenoxy) is 1. The van der Waals surface area contributed by atoms with Crippen LogP contribution < -0.4 is 4.74 Å². The summed E-state index contributed by atoms with van der Waals surface area (Å²) in [4.78, 5) is 22.7. The van der Waals surface area contributed by atoms with Crippen LogP contribution in [0.2, 0.25) is 0 Å². The number of aryl methyl sites for hydroxylation is 1. The van der Waals surface area contributed by atoms with Gasteiger partial charge in [-0.1, -0.05) is 35.5 Å². The van der Waals surface area contributed by atoms with E-state index in [-0.39, 0.29) is 12.0 Å². The molecule has 7 heteroatoms. The summed E-state index contributed by atoms with van der Waals surface area (Å²) in [6.07, 6.45) is 4.69. The number of rotatable bonds is 7. The van der Waals surface area contributed by atoms with Gasteiger partial charge in [0, 0.05) is 24.4 Å². The number of benzene rings is 2. The Bertz CT molecular complexity index is 1170. The van der Waals surface area contributed by atoms with Crippen molar-refractivity contribution in [3.8, 4) is 28.6 Å². The fourth-order valence-corrected chi connectivity index (χ4v) is 3.59. The highest BCUT2D eigenvalue weighted by molar-refractivity contribution is 5.77. The molecule has 5 rings (SSSR count). The highest BCUT2D eigenvalue weighted by atomic mass is 16.5. The van der Waals surface area contributed by atoms with Crippen molar-refractivity contribution in [3.63, 3.8) is 0 Å². The number of carbonyl (C=O) groups excluding carboxylic acids is 1. The van der Waals surface area contributed by atoms with E-state index in [9.17, 15) is 4.79 Å². The predicted octanol–water partition coefficient (Wildman–Crippen LogP) is 4.02. The lowest BCUT2D eigenvalue weighted by Crippen LogP contribution is -2.56. The van der Waals surface area contributed by atoms with Crippen LogP contribution in [0.1, 0.15) is 12.0 Å². The molecule has 1 saturated heterocycles. The van der Waals surface area contributed by atoms with Crippen LogP contribution in [0.4, 0.5) is 0 Å². The van der Waals surface area contributed by atoms with Gasteiger partial charge in [-0.25, -0.2) is 0 Å². The Morgan fingerprint density at radius 2 is 1.81 bits per heavy atom. The second-order valence-electron chi connectivity index (χ2n) is 7.71. The summed E-state index contributed by atoms with van der Waals surface area (Å²) in [6.45, 7) is 1.24. The van der Waals surface area contributed by atoms with Crippen LogP contribution >= 0.6 is 0 Å². The van der Waals surface area contributed by atoms with E-state index in [0.717, 1.165) is 23.3 Å². The zero-order chi connectivity index (χ0) is 21.8. The van der Waals surface area contributed by atoms with E-state index in [1.807, 2.05) is 71.6 Å². The molecule has 3 heterocycles. The van der Waals surface area contributed by atoms with Gasteiger partial charge in [0.05, 0.1) is 18.7 Å². The first-order chi connectivity index (χ1) is 15.7. The van der Waals surface area contributed by atoms with E-state index in [4.69, 9.17) is 9.26 Å². The Morgan fingerprint density at radius 1 is 1.00 bits per heavy atom.